The van der Waals surface area contributed by atoms with Gasteiger partial charge in [-0.25, -0.2) is 0 Å². The summed E-state index contributed by atoms with van der Waals surface area (Å²) in [5, 5.41) is 0.235. The van der Waals surface area contributed by atoms with E-state index in [-0.39, 0.29) is 5.39 Å². The minimum atomic E-state index is -4.32. The summed E-state index contributed by atoms with van der Waals surface area (Å²) >= 11 is 1.31. The highest BCUT2D eigenvalue weighted by Crippen LogP contribution is 2.39. The van der Waals surface area contributed by atoms with Crippen LogP contribution in [0.3, 0.4) is 0 Å². The number of nitrogens with two attached hydrogens (primary N) is 1. The summed E-state index contributed by atoms with van der Waals surface area (Å²) in [7, 11) is 0. The predicted molar refractivity (Wildman–Crippen MR) is 64.0 cm³/mol. The second kappa shape index (κ2) is 3.71. The van der Waals surface area contributed by atoms with Crippen LogP contribution in [0.15, 0.2) is 24.3 Å². The summed E-state index contributed by atoms with van der Waals surface area (Å²) in [6.07, 6.45) is -4.32. The van der Waals surface area contributed by atoms with Crippen molar-refractivity contribution in [1.82, 2.24) is 0 Å². The Morgan fingerprint density at radius 3 is 2.35 bits per heavy atom. The monoisotopic (exact) mass is 259 g/mol. The molecule has 1 aromatic heterocycles. The van der Waals surface area contributed by atoms with Gasteiger partial charge in [0.25, 0.3) is 0 Å². The summed E-state index contributed by atoms with van der Waals surface area (Å²) in [5.74, 6) is 0. The van der Waals surface area contributed by atoms with E-state index >= 15 is 0 Å². The largest absolute Gasteiger partial charge is 0.417 e. The van der Waals surface area contributed by atoms with Gasteiger partial charge in [0.05, 0.1) is 5.56 Å². The molecule has 17 heavy (non-hydrogen) atoms. The van der Waals surface area contributed by atoms with E-state index in [0.29, 0.717) is 4.70 Å². The first-order valence-corrected chi connectivity index (χ1v) is 5.90. The average molecular weight is 259 g/mol. The first-order valence-electron chi connectivity index (χ1n) is 5.09. The van der Waals surface area contributed by atoms with Crippen molar-refractivity contribution in [3.05, 3.63) is 34.7 Å². The van der Waals surface area contributed by atoms with Crippen LogP contribution in [0.2, 0.25) is 0 Å². The number of rotatable bonds is 1. The van der Waals surface area contributed by atoms with E-state index in [1.807, 2.05) is 0 Å². The van der Waals surface area contributed by atoms with Gasteiger partial charge in [-0.15, -0.1) is 11.3 Å². The Bertz CT molecular complexity index is 549. The summed E-state index contributed by atoms with van der Waals surface area (Å²) < 4.78 is 39.0. The summed E-state index contributed by atoms with van der Waals surface area (Å²) in [6, 6.07) is 5.75. The van der Waals surface area contributed by atoms with E-state index in [2.05, 4.69) is 0 Å². The maximum Gasteiger partial charge on any atom is 0.417 e. The molecule has 1 heterocycles. The Kier molecular flexibility index (Phi) is 2.71. The van der Waals surface area contributed by atoms with Gasteiger partial charge in [-0.2, -0.15) is 13.2 Å². The van der Waals surface area contributed by atoms with Gasteiger partial charge in [0.1, 0.15) is 0 Å². The molecule has 0 aliphatic heterocycles. The minimum Gasteiger partial charge on any atom is -0.321 e. The number of fused-ring (bicyclic) bond motifs is 1. The van der Waals surface area contributed by atoms with Crippen LogP contribution >= 0.6 is 11.3 Å². The quantitative estimate of drug-likeness (QED) is 0.819. The number of halogens is 3. The van der Waals surface area contributed by atoms with Gasteiger partial charge in [0, 0.05) is 20.5 Å². The zero-order valence-corrected chi connectivity index (χ0v) is 10.2. The lowest BCUT2D eigenvalue weighted by atomic mass is 10.0. The fourth-order valence-corrected chi connectivity index (χ4v) is 2.73. The van der Waals surface area contributed by atoms with Crippen LogP contribution in [0.25, 0.3) is 10.1 Å². The predicted octanol–water partition coefficient (Wildman–Crippen LogP) is 4.11. The molecule has 0 radical (unpaired) electrons. The molecule has 92 valence electrons. The van der Waals surface area contributed by atoms with E-state index < -0.39 is 17.3 Å². The van der Waals surface area contributed by atoms with Gasteiger partial charge < -0.3 is 5.73 Å². The molecule has 5 heteroatoms. The van der Waals surface area contributed by atoms with Gasteiger partial charge >= 0.3 is 6.18 Å². The van der Waals surface area contributed by atoms with Gasteiger partial charge in [0.2, 0.25) is 0 Å². The molecule has 0 saturated heterocycles. The second-order valence-electron chi connectivity index (χ2n) is 4.55. The molecule has 0 spiro atoms. The Balaban J connectivity index is 2.70. The molecular formula is C12H12F3NS. The Hall–Kier alpha value is -1.07. The topological polar surface area (TPSA) is 26.0 Å². The number of hydrogen-bond donors (Lipinski definition) is 1. The molecule has 0 unspecified atom stereocenters. The third-order valence-electron chi connectivity index (χ3n) is 2.50. The van der Waals surface area contributed by atoms with Crippen LogP contribution in [0.1, 0.15) is 24.3 Å². The van der Waals surface area contributed by atoms with Crippen LogP contribution in [0.4, 0.5) is 13.2 Å². The standard InChI is InChI=1S/C12H12F3NS/c1-11(2,16)10-6-7-8(12(13,14)15)4-3-5-9(7)17-10/h3-6H,16H2,1-2H3. The fraction of sp³-hybridized carbons (Fsp3) is 0.333. The summed E-state index contributed by atoms with van der Waals surface area (Å²) in [5.41, 5.74) is 4.69. The van der Waals surface area contributed by atoms with Crippen molar-refractivity contribution in [2.24, 2.45) is 5.73 Å². The van der Waals surface area contributed by atoms with Crippen molar-refractivity contribution in [2.75, 3.05) is 0 Å². The van der Waals surface area contributed by atoms with Crippen molar-refractivity contribution in [3.8, 4) is 0 Å². The molecule has 0 fully saturated rings. The molecule has 1 aromatic carbocycles. The lowest BCUT2D eigenvalue weighted by Crippen LogP contribution is -2.27. The average Bonchev–Trinajstić information content (AvgIpc) is 2.57. The second-order valence-corrected chi connectivity index (χ2v) is 5.63. The summed E-state index contributed by atoms with van der Waals surface area (Å²) in [4.78, 5) is 0.754. The third kappa shape index (κ3) is 2.30. The van der Waals surface area contributed by atoms with Crippen LogP contribution in [0.5, 0.6) is 0 Å². The maximum absolute atomic E-state index is 12.8. The molecule has 0 aliphatic rings. The van der Waals surface area contributed by atoms with Crippen molar-refractivity contribution in [2.45, 2.75) is 25.6 Å². The SMILES string of the molecule is CC(C)(N)c1cc2c(C(F)(F)F)cccc2s1. The highest BCUT2D eigenvalue weighted by Gasteiger charge is 2.33. The Labute approximate surface area is 101 Å². The van der Waals surface area contributed by atoms with Crippen LogP contribution < -0.4 is 5.73 Å². The first-order chi connectivity index (χ1) is 7.69. The van der Waals surface area contributed by atoms with E-state index in [1.54, 1.807) is 26.0 Å². The van der Waals surface area contributed by atoms with Crippen molar-refractivity contribution in [3.63, 3.8) is 0 Å². The van der Waals surface area contributed by atoms with Crippen LogP contribution in [-0.2, 0) is 11.7 Å². The molecule has 0 saturated carbocycles. The Morgan fingerprint density at radius 2 is 1.82 bits per heavy atom. The normalized spacial score (nSPS) is 13.3. The number of hydrogen-bond acceptors (Lipinski definition) is 2. The minimum absolute atomic E-state index is 0.235. The van der Waals surface area contributed by atoms with Crippen molar-refractivity contribution in [1.29, 1.82) is 0 Å². The number of thiophene rings is 1. The lowest BCUT2D eigenvalue weighted by molar-refractivity contribution is -0.136. The molecule has 0 amide bonds. The third-order valence-corrected chi connectivity index (χ3v) is 3.94. The van der Waals surface area contributed by atoms with E-state index in [1.165, 1.54) is 17.4 Å². The maximum atomic E-state index is 12.8. The van der Waals surface area contributed by atoms with Crippen molar-refractivity contribution < 1.29 is 13.2 Å². The number of benzene rings is 1. The molecule has 2 aromatic rings. The first kappa shape index (κ1) is 12.4. The fourth-order valence-electron chi connectivity index (χ4n) is 1.63. The highest BCUT2D eigenvalue weighted by molar-refractivity contribution is 7.19. The molecule has 0 atom stereocenters. The zero-order valence-electron chi connectivity index (χ0n) is 9.43. The smallest absolute Gasteiger partial charge is 0.321 e. The van der Waals surface area contributed by atoms with E-state index in [0.717, 1.165) is 10.9 Å². The van der Waals surface area contributed by atoms with Crippen molar-refractivity contribution >= 4 is 21.4 Å². The highest BCUT2D eigenvalue weighted by atomic mass is 32.1. The molecule has 1 nitrogen and oxygen atoms in total. The summed E-state index contributed by atoms with van der Waals surface area (Å²) in [6.45, 7) is 3.57. The number of alkyl halides is 3. The van der Waals surface area contributed by atoms with E-state index in [9.17, 15) is 13.2 Å². The van der Waals surface area contributed by atoms with E-state index in [4.69, 9.17) is 5.73 Å². The van der Waals surface area contributed by atoms with Crippen LogP contribution in [-0.4, -0.2) is 0 Å². The van der Waals surface area contributed by atoms with Gasteiger partial charge in [-0.05, 0) is 32.0 Å². The lowest BCUT2D eigenvalue weighted by Gasteiger charge is -2.15. The molecule has 0 aliphatic carbocycles. The molecular weight excluding hydrogens is 247 g/mol. The molecule has 2 N–H and O–H groups in total. The van der Waals surface area contributed by atoms with Gasteiger partial charge in [-0.1, -0.05) is 6.07 Å². The molecule has 2 rings (SSSR count). The Morgan fingerprint density at radius 1 is 1.18 bits per heavy atom. The van der Waals surface area contributed by atoms with Gasteiger partial charge in [-0.3, -0.25) is 0 Å². The van der Waals surface area contributed by atoms with Gasteiger partial charge in [0.15, 0.2) is 0 Å². The van der Waals surface area contributed by atoms with Crippen LogP contribution in [0, 0.1) is 0 Å². The zero-order chi connectivity index (χ0) is 12.8. The molecule has 0 bridgehead atoms.